The maximum absolute atomic E-state index is 12.1. The molecule has 0 radical (unpaired) electrons. The molecule has 1 amide bonds. The molecule has 1 aromatic carbocycles. The lowest BCUT2D eigenvalue weighted by atomic mass is 10.1. The number of carbonyl (C=O) groups excluding carboxylic acids is 2. The second-order valence-electron chi connectivity index (χ2n) is 6.53. The smallest absolute Gasteiger partial charge is 0.338 e. The Morgan fingerprint density at radius 2 is 1.88 bits per heavy atom. The van der Waals surface area contributed by atoms with E-state index >= 15 is 0 Å². The van der Waals surface area contributed by atoms with Crippen LogP contribution in [0.3, 0.4) is 0 Å². The van der Waals surface area contributed by atoms with Gasteiger partial charge in [-0.15, -0.1) is 0 Å². The molecule has 0 unspecified atom stereocenters. The van der Waals surface area contributed by atoms with Crippen molar-refractivity contribution in [1.29, 1.82) is 0 Å². The summed E-state index contributed by atoms with van der Waals surface area (Å²) in [6.45, 7) is 8.85. The molecule has 24 heavy (non-hydrogen) atoms. The van der Waals surface area contributed by atoms with Gasteiger partial charge in [0.05, 0.1) is 23.8 Å². The van der Waals surface area contributed by atoms with E-state index in [2.05, 4.69) is 5.32 Å². The highest BCUT2D eigenvalue weighted by Crippen LogP contribution is 2.37. The Bertz CT molecular complexity index is 608. The number of hydrogen-bond acceptors (Lipinski definition) is 5. The van der Waals surface area contributed by atoms with Gasteiger partial charge in [-0.1, -0.05) is 11.6 Å². The van der Waals surface area contributed by atoms with Crippen LogP contribution in [-0.2, 0) is 9.53 Å². The van der Waals surface area contributed by atoms with Gasteiger partial charge in [0, 0.05) is 5.54 Å². The van der Waals surface area contributed by atoms with E-state index in [1.807, 2.05) is 34.6 Å². The lowest BCUT2D eigenvalue weighted by Gasteiger charge is -2.20. The van der Waals surface area contributed by atoms with E-state index in [9.17, 15) is 9.59 Å². The van der Waals surface area contributed by atoms with Gasteiger partial charge in [0.15, 0.2) is 18.1 Å². The van der Waals surface area contributed by atoms with Crippen molar-refractivity contribution in [1.82, 2.24) is 5.32 Å². The van der Waals surface area contributed by atoms with Crippen molar-refractivity contribution in [2.24, 2.45) is 0 Å². The Labute approximate surface area is 147 Å². The van der Waals surface area contributed by atoms with Crippen LogP contribution in [0.15, 0.2) is 12.1 Å². The molecule has 134 valence electrons. The first-order chi connectivity index (χ1) is 11.0. The fraction of sp³-hybridized carbons (Fsp3) is 0.529. The Morgan fingerprint density at radius 3 is 2.38 bits per heavy atom. The van der Waals surface area contributed by atoms with Gasteiger partial charge in [-0.3, -0.25) is 4.79 Å². The van der Waals surface area contributed by atoms with Crippen LogP contribution in [0.25, 0.3) is 0 Å². The number of halogens is 1. The number of methoxy groups -OCH3 is 1. The van der Waals surface area contributed by atoms with Crippen LogP contribution in [0, 0.1) is 0 Å². The van der Waals surface area contributed by atoms with E-state index < -0.39 is 11.5 Å². The summed E-state index contributed by atoms with van der Waals surface area (Å²) in [5.41, 5.74) is -0.220. The molecule has 1 aromatic rings. The van der Waals surface area contributed by atoms with Gasteiger partial charge in [-0.2, -0.15) is 0 Å². The molecule has 0 saturated heterocycles. The van der Waals surface area contributed by atoms with Crippen molar-refractivity contribution in [3.63, 3.8) is 0 Å². The van der Waals surface area contributed by atoms with E-state index in [0.717, 1.165) is 0 Å². The van der Waals surface area contributed by atoms with Gasteiger partial charge in [0.25, 0.3) is 5.91 Å². The number of rotatable bonds is 6. The van der Waals surface area contributed by atoms with E-state index in [-0.39, 0.29) is 29.2 Å². The van der Waals surface area contributed by atoms with E-state index in [4.69, 9.17) is 25.8 Å². The first kappa shape index (κ1) is 20.1. The summed E-state index contributed by atoms with van der Waals surface area (Å²) in [5, 5.41) is 2.93. The maximum atomic E-state index is 12.1. The Morgan fingerprint density at radius 1 is 1.25 bits per heavy atom. The molecule has 0 bridgehead atoms. The topological polar surface area (TPSA) is 73.9 Å². The van der Waals surface area contributed by atoms with E-state index in [0.29, 0.717) is 11.5 Å². The van der Waals surface area contributed by atoms with E-state index in [1.165, 1.54) is 19.2 Å². The molecule has 0 saturated carbocycles. The van der Waals surface area contributed by atoms with Gasteiger partial charge >= 0.3 is 5.97 Å². The monoisotopic (exact) mass is 357 g/mol. The summed E-state index contributed by atoms with van der Waals surface area (Å²) >= 11 is 6.16. The van der Waals surface area contributed by atoms with Crippen molar-refractivity contribution in [2.75, 3.05) is 13.7 Å². The number of hydrogen-bond donors (Lipinski definition) is 1. The number of amides is 1. The average Bonchev–Trinajstić information content (AvgIpc) is 2.44. The minimum Gasteiger partial charge on any atom is -0.493 e. The van der Waals surface area contributed by atoms with Crippen LogP contribution in [-0.4, -0.2) is 37.2 Å². The second-order valence-corrected chi connectivity index (χ2v) is 6.94. The summed E-state index contributed by atoms with van der Waals surface area (Å²) in [5.74, 6) is -0.373. The first-order valence-corrected chi connectivity index (χ1v) is 7.93. The molecular formula is C17H24ClNO5. The Kier molecular flexibility index (Phi) is 6.90. The molecule has 6 nitrogen and oxygen atoms in total. The zero-order chi connectivity index (χ0) is 18.5. The molecule has 0 heterocycles. The number of nitrogens with one attached hydrogen (secondary N) is 1. The predicted molar refractivity (Wildman–Crippen MR) is 91.9 cm³/mol. The van der Waals surface area contributed by atoms with Crippen LogP contribution < -0.4 is 14.8 Å². The standard InChI is InChI=1S/C17H24ClNO5/c1-10(2)24-15-12(18)7-11(8-13(15)22-6)16(21)23-9-14(20)19-17(3,4)5/h7-8,10H,9H2,1-6H3,(H,19,20). The molecule has 1 rings (SSSR count). The molecular weight excluding hydrogens is 334 g/mol. The lowest BCUT2D eigenvalue weighted by Crippen LogP contribution is -2.42. The predicted octanol–water partition coefficient (Wildman–Crippen LogP) is 3.21. The molecule has 1 N–H and O–H groups in total. The minimum atomic E-state index is -0.671. The van der Waals surface area contributed by atoms with Gasteiger partial charge < -0.3 is 19.5 Å². The van der Waals surface area contributed by atoms with Gasteiger partial charge in [-0.25, -0.2) is 4.79 Å². The summed E-state index contributed by atoms with van der Waals surface area (Å²) in [6.07, 6.45) is -0.102. The van der Waals surface area contributed by atoms with Crippen LogP contribution in [0.1, 0.15) is 45.0 Å². The highest BCUT2D eigenvalue weighted by molar-refractivity contribution is 6.32. The zero-order valence-corrected chi connectivity index (χ0v) is 15.6. The molecule has 0 aliphatic carbocycles. The molecule has 0 aliphatic rings. The molecule has 0 spiro atoms. The summed E-state index contributed by atoms with van der Waals surface area (Å²) in [4.78, 5) is 23.8. The van der Waals surface area contributed by atoms with Gasteiger partial charge in [-0.05, 0) is 46.8 Å². The quantitative estimate of drug-likeness (QED) is 0.791. The fourth-order valence-electron chi connectivity index (χ4n) is 1.86. The minimum absolute atomic E-state index is 0.102. The number of esters is 1. The van der Waals surface area contributed by atoms with Gasteiger partial charge in [0.1, 0.15) is 0 Å². The first-order valence-electron chi connectivity index (χ1n) is 7.56. The van der Waals surface area contributed by atoms with Crippen molar-refractivity contribution < 1.29 is 23.8 Å². The zero-order valence-electron chi connectivity index (χ0n) is 14.9. The van der Waals surface area contributed by atoms with Crippen molar-refractivity contribution in [3.8, 4) is 11.5 Å². The fourth-order valence-corrected chi connectivity index (χ4v) is 2.11. The summed E-state index contributed by atoms with van der Waals surface area (Å²) < 4.78 is 15.8. The van der Waals surface area contributed by atoms with Crippen LogP contribution in [0.2, 0.25) is 5.02 Å². The van der Waals surface area contributed by atoms with Crippen LogP contribution in [0.4, 0.5) is 0 Å². The number of benzene rings is 1. The highest BCUT2D eigenvalue weighted by Gasteiger charge is 2.19. The third kappa shape index (κ3) is 6.28. The highest BCUT2D eigenvalue weighted by atomic mass is 35.5. The third-order valence-electron chi connectivity index (χ3n) is 2.67. The maximum Gasteiger partial charge on any atom is 0.338 e. The largest absolute Gasteiger partial charge is 0.493 e. The van der Waals surface area contributed by atoms with Crippen molar-refractivity contribution in [3.05, 3.63) is 22.7 Å². The third-order valence-corrected chi connectivity index (χ3v) is 2.95. The molecule has 0 fully saturated rings. The van der Waals surface area contributed by atoms with Gasteiger partial charge in [0.2, 0.25) is 0 Å². The van der Waals surface area contributed by atoms with Crippen molar-refractivity contribution >= 4 is 23.5 Å². The number of carbonyl (C=O) groups is 2. The second kappa shape index (κ2) is 8.24. The van der Waals surface area contributed by atoms with Crippen LogP contribution >= 0.6 is 11.6 Å². The average molecular weight is 358 g/mol. The molecule has 0 aromatic heterocycles. The lowest BCUT2D eigenvalue weighted by molar-refractivity contribution is -0.125. The number of ether oxygens (including phenoxy) is 3. The summed E-state index contributed by atoms with van der Waals surface area (Å²) in [6, 6.07) is 2.89. The molecule has 7 heteroatoms. The van der Waals surface area contributed by atoms with E-state index in [1.54, 1.807) is 0 Å². The molecule has 0 aliphatic heterocycles. The Balaban J connectivity index is 2.85. The molecule has 0 atom stereocenters. The summed E-state index contributed by atoms with van der Waals surface area (Å²) in [7, 11) is 1.45. The van der Waals surface area contributed by atoms with Crippen molar-refractivity contribution in [2.45, 2.75) is 46.3 Å². The van der Waals surface area contributed by atoms with Crippen LogP contribution in [0.5, 0.6) is 11.5 Å². The Hall–Kier alpha value is -1.95. The normalized spacial score (nSPS) is 11.2. The SMILES string of the molecule is COc1cc(C(=O)OCC(=O)NC(C)(C)C)cc(Cl)c1OC(C)C.